The molecule has 0 saturated carbocycles. The molecule has 0 aromatic heterocycles. The highest BCUT2D eigenvalue weighted by Gasteiger charge is 2.24. The first kappa shape index (κ1) is 20.3. The smallest absolute Gasteiger partial charge is 0.409 e. The molecule has 1 heterocycles. The van der Waals surface area contributed by atoms with E-state index in [0.29, 0.717) is 44.3 Å². The van der Waals surface area contributed by atoms with Crippen molar-refractivity contribution in [1.29, 1.82) is 0 Å². The number of carbonyl (C=O) groups excluding carboxylic acids is 3. The molecular formula is C18H25N3O6. The first-order valence-electron chi connectivity index (χ1n) is 8.77. The molecule has 0 atom stereocenters. The van der Waals surface area contributed by atoms with E-state index in [4.69, 9.17) is 14.2 Å². The molecule has 27 heavy (non-hydrogen) atoms. The fraction of sp³-hybridized carbons (Fsp3) is 0.500. The number of carbonyl (C=O) groups is 3. The van der Waals surface area contributed by atoms with Crippen molar-refractivity contribution in [2.24, 2.45) is 0 Å². The topological polar surface area (TPSA) is 97.4 Å². The Morgan fingerprint density at radius 1 is 1.04 bits per heavy atom. The summed E-state index contributed by atoms with van der Waals surface area (Å²) in [5.41, 5.74) is 0. The van der Waals surface area contributed by atoms with Crippen LogP contribution in [0.15, 0.2) is 24.3 Å². The summed E-state index contributed by atoms with van der Waals surface area (Å²) in [5, 5.41) is 2.54. The Labute approximate surface area is 158 Å². The van der Waals surface area contributed by atoms with Crippen LogP contribution in [0.4, 0.5) is 4.79 Å². The molecule has 0 radical (unpaired) electrons. The van der Waals surface area contributed by atoms with Crippen LogP contribution in [0.5, 0.6) is 11.5 Å². The number of benzene rings is 1. The Balaban J connectivity index is 1.69. The minimum atomic E-state index is -0.403. The van der Waals surface area contributed by atoms with Gasteiger partial charge in [-0.2, -0.15) is 0 Å². The number of nitrogens with one attached hydrogen (secondary N) is 1. The highest BCUT2D eigenvalue weighted by molar-refractivity contribution is 5.85. The van der Waals surface area contributed by atoms with Crippen molar-refractivity contribution in [2.45, 2.75) is 6.92 Å². The van der Waals surface area contributed by atoms with E-state index >= 15 is 0 Å². The summed E-state index contributed by atoms with van der Waals surface area (Å²) in [4.78, 5) is 38.9. The van der Waals surface area contributed by atoms with Gasteiger partial charge in [0.15, 0.2) is 18.1 Å². The third-order valence-corrected chi connectivity index (χ3v) is 4.02. The Kier molecular flexibility index (Phi) is 7.72. The van der Waals surface area contributed by atoms with Crippen molar-refractivity contribution in [3.63, 3.8) is 0 Å². The SMILES string of the molecule is CCOC(=O)N1CCN(C(=O)CNC(=O)COc2ccccc2OC)CC1. The molecule has 1 aromatic carbocycles. The summed E-state index contributed by atoms with van der Waals surface area (Å²) >= 11 is 0. The summed E-state index contributed by atoms with van der Waals surface area (Å²) in [6.45, 7) is 3.37. The van der Waals surface area contributed by atoms with Gasteiger partial charge in [-0.15, -0.1) is 0 Å². The molecule has 9 heteroatoms. The monoisotopic (exact) mass is 379 g/mol. The molecule has 2 rings (SSSR count). The highest BCUT2D eigenvalue weighted by atomic mass is 16.6. The molecule has 1 aromatic rings. The summed E-state index contributed by atoms with van der Waals surface area (Å²) in [7, 11) is 1.52. The fourth-order valence-electron chi connectivity index (χ4n) is 2.57. The number of nitrogens with zero attached hydrogens (tertiary/aromatic N) is 2. The van der Waals surface area contributed by atoms with Crippen LogP contribution in [-0.4, -0.2) is 80.8 Å². The van der Waals surface area contributed by atoms with Crippen LogP contribution in [-0.2, 0) is 14.3 Å². The molecule has 1 aliphatic heterocycles. The maximum absolute atomic E-state index is 12.2. The third kappa shape index (κ3) is 6.05. The van der Waals surface area contributed by atoms with E-state index in [1.807, 2.05) is 0 Å². The molecule has 1 fully saturated rings. The second kappa shape index (κ2) is 10.2. The number of ether oxygens (including phenoxy) is 3. The number of methoxy groups -OCH3 is 1. The van der Waals surface area contributed by atoms with Gasteiger partial charge in [-0.05, 0) is 19.1 Å². The Bertz CT molecular complexity index is 658. The predicted molar refractivity (Wildman–Crippen MR) is 96.7 cm³/mol. The first-order chi connectivity index (χ1) is 13.0. The predicted octanol–water partition coefficient (Wildman–Crippen LogP) is 0.491. The maximum Gasteiger partial charge on any atom is 0.409 e. The van der Waals surface area contributed by atoms with E-state index in [2.05, 4.69) is 5.32 Å². The van der Waals surface area contributed by atoms with E-state index in [1.165, 1.54) is 7.11 Å². The van der Waals surface area contributed by atoms with Crippen molar-refractivity contribution in [3.05, 3.63) is 24.3 Å². The molecule has 0 spiro atoms. The average Bonchev–Trinajstić information content (AvgIpc) is 2.70. The summed E-state index contributed by atoms with van der Waals surface area (Å²) in [6, 6.07) is 6.99. The number of piperazine rings is 1. The van der Waals surface area contributed by atoms with Crippen LogP contribution in [0.3, 0.4) is 0 Å². The van der Waals surface area contributed by atoms with Crippen molar-refractivity contribution in [2.75, 3.05) is 53.0 Å². The maximum atomic E-state index is 12.2. The van der Waals surface area contributed by atoms with E-state index in [-0.39, 0.29) is 25.2 Å². The lowest BCUT2D eigenvalue weighted by Crippen LogP contribution is -2.52. The zero-order chi connectivity index (χ0) is 19.6. The quantitative estimate of drug-likeness (QED) is 0.741. The van der Waals surface area contributed by atoms with E-state index in [1.54, 1.807) is 41.0 Å². The molecule has 1 N–H and O–H groups in total. The minimum Gasteiger partial charge on any atom is -0.493 e. The molecule has 3 amide bonds. The lowest BCUT2D eigenvalue weighted by molar-refractivity contribution is -0.134. The Morgan fingerprint density at radius 2 is 1.67 bits per heavy atom. The normalized spacial score (nSPS) is 13.7. The molecule has 0 aliphatic carbocycles. The molecule has 0 unspecified atom stereocenters. The van der Waals surface area contributed by atoms with Gasteiger partial charge in [-0.3, -0.25) is 9.59 Å². The van der Waals surface area contributed by atoms with Gasteiger partial charge in [-0.25, -0.2) is 4.79 Å². The van der Waals surface area contributed by atoms with Crippen molar-refractivity contribution < 1.29 is 28.6 Å². The zero-order valence-electron chi connectivity index (χ0n) is 15.6. The fourth-order valence-corrected chi connectivity index (χ4v) is 2.57. The molecule has 1 aliphatic rings. The second-order valence-electron chi connectivity index (χ2n) is 5.78. The number of amides is 3. The largest absolute Gasteiger partial charge is 0.493 e. The first-order valence-corrected chi connectivity index (χ1v) is 8.77. The van der Waals surface area contributed by atoms with Crippen LogP contribution in [0.1, 0.15) is 6.92 Å². The van der Waals surface area contributed by atoms with E-state index in [9.17, 15) is 14.4 Å². The van der Waals surface area contributed by atoms with Gasteiger partial charge >= 0.3 is 6.09 Å². The van der Waals surface area contributed by atoms with Crippen LogP contribution in [0.2, 0.25) is 0 Å². The van der Waals surface area contributed by atoms with Crippen LogP contribution in [0, 0.1) is 0 Å². The Morgan fingerprint density at radius 3 is 2.30 bits per heavy atom. The van der Waals surface area contributed by atoms with Crippen LogP contribution >= 0.6 is 0 Å². The summed E-state index contributed by atoms with van der Waals surface area (Å²) < 4.78 is 15.5. The van der Waals surface area contributed by atoms with Crippen LogP contribution in [0.25, 0.3) is 0 Å². The summed E-state index contributed by atoms with van der Waals surface area (Å²) in [6.07, 6.45) is -0.369. The lowest BCUT2D eigenvalue weighted by Gasteiger charge is -2.34. The highest BCUT2D eigenvalue weighted by Crippen LogP contribution is 2.25. The molecule has 0 bridgehead atoms. The van der Waals surface area contributed by atoms with Crippen molar-refractivity contribution >= 4 is 17.9 Å². The van der Waals surface area contributed by atoms with Gasteiger partial charge in [0.1, 0.15) is 0 Å². The van der Waals surface area contributed by atoms with Gasteiger partial charge in [0.2, 0.25) is 5.91 Å². The van der Waals surface area contributed by atoms with Gasteiger partial charge in [0, 0.05) is 26.2 Å². The minimum absolute atomic E-state index is 0.118. The number of hydrogen-bond donors (Lipinski definition) is 1. The third-order valence-electron chi connectivity index (χ3n) is 4.02. The van der Waals surface area contributed by atoms with E-state index < -0.39 is 5.91 Å². The molecule has 148 valence electrons. The molecule has 9 nitrogen and oxygen atoms in total. The number of rotatable bonds is 7. The average molecular weight is 379 g/mol. The molecule has 1 saturated heterocycles. The second-order valence-corrected chi connectivity index (χ2v) is 5.78. The zero-order valence-corrected chi connectivity index (χ0v) is 15.6. The van der Waals surface area contributed by atoms with Crippen molar-refractivity contribution in [1.82, 2.24) is 15.1 Å². The van der Waals surface area contributed by atoms with Gasteiger partial charge in [-0.1, -0.05) is 12.1 Å². The Hall–Kier alpha value is -2.97. The van der Waals surface area contributed by atoms with Gasteiger partial charge in [0.05, 0.1) is 20.3 Å². The number of hydrogen-bond acceptors (Lipinski definition) is 6. The van der Waals surface area contributed by atoms with Gasteiger partial charge in [0.25, 0.3) is 5.91 Å². The van der Waals surface area contributed by atoms with Gasteiger partial charge < -0.3 is 29.3 Å². The lowest BCUT2D eigenvalue weighted by atomic mass is 10.3. The number of para-hydroxylation sites is 2. The van der Waals surface area contributed by atoms with Crippen molar-refractivity contribution in [3.8, 4) is 11.5 Å². The standard InChI is InChI=1S/C18H25N3O6/c1-3-26-18(24)21-10-8-20(9-11-21)17(23)12-19-16(22)13-27-15-7-5-4-6-14(15)25-2/h4-7H,3,8-13H2,1-2H3,(H,19,22). The van der Waals surface area contributed by atoms with Crippen LogP contribution < -0.4 is 14.8 Å². The van der Waals surface area contributed by atoms with E-state index in [0.717, 1.165) is 0 Å². The molecular weight excluding hydrogens is 354 g/mol. The summed E-state index contributed by atoms with van der Waals surface area (Å²) in [5.74, 6) is 0.376.